The zero-order valence-electron chi connectivity index (χ0n) is 10.6. The average molecular weight is 283 g/mol. The fraction of sp³-hybridized carbons (Fsp3) is 0.462. The Bertz CT molecular complexity index is 521. The molecule has 0 heterocycles. The van der Waals surface area contributed by atoms with Gasteiger partial charge >= 0.3 is 0 Å². The maximum atomic E-state index is 12.2. The van der Waals surface area contributed by atoms with Gasteiger partial charge in [0.25, 0.3) is 11.6 Å². The number of nitrogens with zero attached hydrogens (tertiary/aromatic N) is 1. The Balaban J connectivity index is 2.24. The van der Waals surface area contributed by atoms with E-state index in [-0.39, 0.29) is 17.1 Å². The zero-order chi connectivity index (χ0) is 14.0. The first-order chi connectivity index (χ1) is 8.99. The summed E-state index contributed by atoms with van der Waals surface area (Å²) in [6, 6.07) is 4.51. The lowest BCUT2D eigenvalue weighted by Gasteiger charge is -2.41. The number of amides is 1. The number of nitro benzene ring substituents is 1. The molecule has 0 spiro atoms. The monoisotopic (exact) mass is 282 g/mol. The third-order valence-corrected chi connectivity index (χ3v) is 4.20. The quantitative estimate of drug-likeness (QED) is 0.524. The number of rotatable bonds is 4. The van der Waals surface area contributed by atoms with Gasteiger partial charge in [-0.15, -0.1) is 11.6 Å². The highest BCUT2D eigenvalue weighted by molar-refractivity contribution is 6.19. The summed E-state index contributed by atoms with van der Waals surface area (Å²) >= 11 is 5.89. The Labute approximate surface area is 116 Å². The van der Waals surface area contributed by atoms with Crippen LogP contribution < -0.4 is 5.32 Å². The van der Waals surface area contributed by atoms with Gasteiger partial charge in [-0.3, -0.25) is 14.9 Å². The molecule has 0 saturated heterocycles. The summed E-state index contributed by atoms with van der Waals surface area (Å²) in [7, 11) is 0. The molecular formula is C13H15ClN2O3. The van der Waals surface area contributed by atoms with Crippen molar-refractivity contribution in [2.24, 2.45) is 0 Å². The van der Waals surface area contributed by atoms with E-state index >= 15 is 0 Å². The maximum absolute atomic E-state index is 12.2. The molecule has 1 aliphatic carbocycles. The lowest BCUT2D eigenvalue weighted by Crippen LogP contribution is -2.55. The lowest BCUT2D eigenvalue weighted by atomic mass is 9.78. The van der Waals surface area contributed by atoms with E-state index in [4.69, 9.17) is 11.6 Å². The fourth-order valence-corrected chi connectivity index (χ4v) is 2.61. The highest BCUT2D eigenvalue weighted by Gasteiger charge is 2.38. The smallest absolute Gasteiger partial charge is 0.273 e. The minimum atomic E-state index is -0.479. The Kier molecular flexibility index (Phi) is 3.75. The molecule has 102 valence electrons. The summed E-state index contributed by atoms with van der Waals surface area (Å²) in [6.07, 6.45) is 2.76. The van der Waals surface area contributed by atoms with Gasteiger partial charge in [-0.25, -0.2) is 0 Å². The van der Waals surface area contributed by atoms with Crippen molar-refractivity contribution in [3.8, 4) is 0 Å². The van der Waals surface area contributed by atoms with Crippen LogP contribution in [-0.2, 0) is 0 Å². The number of alkyl halides is 1. The normalized spacial score (nSPS) is 16.5. The van der Waals surface area contributed by atoms with E-state index in [0.29, 0.717) is 17.0 Å². The summed E-state index contributed by atoms with van der Waals surface area (Å²) in [5, 5.41) is 13.8. The Hall–Kier alpha value is -1.62. The molecule has 0 aliphatic heterocycles. The van der Waals surface area contributed by atoms with Gasteiger partial charge in [-0.2, -0.15) is 0 Å². The van der Waals surface area contributed by atoms with Crippen LogP contribution in [0.4, 0.5) is 5.69 Å². The number of hydrogen-bond donors (Lipinski definition) is 1. The molecule has 0 unspecified atom stereocenters. The van der Waals surface area contributed by atoms with Gasteiger partial charge in [0.15, 0.2) is 0 Å². The first kappa shape index (κ1) is 13.8. The molecule has 1 N–H and O–H groups in total. The first-order valence-corrected chi connectivity index (χ1v) is 6.65. The summed E-state index contributed by atoms with van der Waals surface area (Å²) in [5.74, 6) is 0.0775. The summed E-state index contributed by atoms with van der Waals surface area (Å²) in [5.41, 5.74) is 0.344. The number of halogens is 1. The molecule has 1 aliphatic rings. The highest BCUT2D eigenvalue weighted by atomic mass is 35.5. The van der Waals surface area contributed by atoms with Crippen molar-refractivity contribution < 1.29 is 9.72 Å². The minimum absolute atomic E-state index is 0.0406. The second-order valence-electron chi connectivity index (χ2n) is 4.93. The first-order valence-electron chi connectivity index (χ1n) is 6.11. The minimum Gasteiger partial charge on any atom is -0.345 e. The van der Waals surface area contributed by atoms with Crippen molar-refractivity contribution in [1.82, 2.24) is 5.32 Å². The number of benzene rings is 1. The van der Waals surface area contributed by atoms with E-state index in [1.165, 1.54) is 12.1 Å². The van der Waals surface area contributed by atoms with Gasteiger partial charge in [0.1, 0.15) is 0 Å². The summed E-state index contributed by atoms with van der Waals surface area (Å²) in [4.78, 5) is 22.6. The van der Waals surface area contributed by atoms with Crippen molar-refractivity contribution in [3.63, 3.8) is 0 Å². The fourth-order valence-electron chi connectivity index (χ4n) is 2.27. The summed E-state index contributed by atoms with van der Waals surface area (Å²) in [6.45, 7) is 1.58. The van der Waals surface area contributed by atoms with Gasteiger partial charge in [0.05, 0.1) is 10.5 Å². The van der Waals surface area contributed by atoms with E-state index in [0.717, 1.165) is 19.3 Å². The molecule has 0 radical (unpaired) electrons. The molecule has 6 heteroatoms. The number of hydrogen-bond acceptors (Lipinski definition) is 3. The number of carbonyl (C=O) groups excluding carboxylic acids is 1. The van der Waals surface area contributed by atoms with Gasteiger partial charge in [0.2, 0.25) is 0 Å². The van der Waals surface area contributed by atoms with Crippen LogP contribution in [0.1, 0.15) is 35.2 Å². The lowest BCUT2D eigenvalue weighted by molar-refractivity contribution is -0.385. The van der Waals surface area contributed by atoms with Gasteiger partial charge < -0.3 is 5.32 Å². The van der Waals surface area contributed by atoms with Gasteiger partial charge in [-0.1, -0.05) is 6.07 Å². The zero-order valence-corrected chi connectivity index (χ0v) is 11.4. The second kappa shape index (κ2) is 5.17. The van der Waals surface area contributed by atoms with Crippen LogP contribution in [0.3, 0.4) is 0 Å². The molecule has 2 rings (SSSR count). The summed E-state index contributed by atoms with van der Waals surface area (Å²) < 4.78 is 0. The predicted molar refractivity (Wildman–Crippen MR) is 72.6 cm³/mol. The topological polar surface area (TPSA) is 72.2 Å². The molecule has 1 fully saturated rings. The van der Waals surface area contributed by atoms with E-state index in [1.807, 2.05) is 0 Å². The van der Waals surface area contributed by atoms with Crippen LogP contribution in [0, 0.1) is 17.0 Å². The van der Waals surface area contributed by atoms with Crippen molar-refractivity contribution in [1.29, 1.82) is 0 Å². The van der Waals surface area contributed by atoms with Crippen LogP contribution in [0.2, 0.25) is 0 Å². The molecule has 1 aromatic carbocycles. The van der Waals surface area contributed by atoms with Crippen LogP contribution in [-0.4, -0.2) is 22.2 Å². The molecule has 1 aromatic rings. The SMILES string of the molecule is Cc1c(C(=O)NC2(CCl)CCC2)cccc1[N+](=O)[O-]. The van der Waals surface area contributed by atoms with Gasteiger partial charge in [-0.05, 0) is 32.3 Å². The van der Waals surface area contributed by atoms with Crippen molar-refractivity contribution >= 4 is 23.2 Å². The van der Waals surface area contributed by atoms with Gasteiger partial charge in [0, 0.05) is 23.1 Å². The molecule has 0 aromatic heterocycles. The third-order valence-electron chi connectivity index (χ3n) is 3.69. The largest absolute Gasteiger partial charge is 0.345 e. The Morgan fingerprint density at radius 3 is 2.68 bits per heavy atom. The van der Waals surface area contributed by atoms with Crippen molar-refractivity contribution in [2.75, 3.05) is 5.88 Å². The van der Waals surface area contributed by atoms with Crippen LogP contribution in [0.25, 0.3) is 0 Å². The third kappa shape index (κ3) is 2.56. The van der Waals surface area contributed by atoms with E-state index in [2.05, 4.69) is 5.32 Å². The van der Waals surface area contributed by atoms with E-state index in [1.54, 1.807) is 13.0 Å². The molecule has 1 amide bonds. The molecule has 0 bridgehead atoms. The molecular weight excluding hydrogens is 268 g/mol. The van der Waals surface area contributed by atoms with E-state index in [9.17, 15) is 14.9 Å². The number of nitrogens with one attached hydrogen (secondary N) is 1. The van der Waals surface area contributed by atoms with E-state index < -0.39 is 4.92 Å². The van der Waals surface area contributed by atoms with Crippen LogP contribution >= 0.6 is 11.6 Å². The van der Waals surface area contributed by atoms with Crippen LogP contribution in [0.15, 0.2) is 18.2 Å². The molecule has 19 heavy (non-hydrogen) atoms. The van der Waals surface area contributed by atoms with Crippen LogP contribution in [0.5, 0.6) is 0 Å². The Morgan fingerprint density at radius 1 is 1.53 bits per heavy atom. The molecule has 5 nitrogen and oxygen atoms in total. The van der Waals surface area contributed by atoms with Crippen molar-refractivity contribution in [3.05, 3.63) is 39.4 Å². The number of nitro groups is 1. The molecule has 1 saturated carbocycles. The maximum Gasteiger partial charge on any atom is 0.273 e. The van der Waals surface area contributed by atoms with Crippen molar-refractivity contribution in [2.45, 2.75) is 31.7 Å². The average Bonchev–Trinajstić information content (AvgIpc) is 2.33. The highest BCUT2D eigenvalue weighted by Crippen LogP contribution is 2.33. The number of carbonyl (C=O) groups is 1. The molecule has 0 atom stereocenters. The second-order valence-corrected chi connectivity index (χ2v) is 5.20. The predicted octanol–water partition coefficient (Wildman–Crippen LogP) is 2.79. The standard InChI is InChI=1S/C13H15ClN2O3/c1-9-10(4-2-5-11(9)16(18)19)12(17)15-13(8-14)6-3-7-13/h2,4-5H,3,6-8H2,1H3,(H,15,17). The Morgan fingerprint density at radius 2 is 2.21 bits per heavy atom.